The largest absolute Gasteiger partial charge is 0.486 e. The van der Waals surface area contributed by atoms with Gasteiger partial charge in [0.05, 0.1) is 12.2 Å². The molecule has 0 radical (unpaired) electrons. The van der Waals surface area contributed by atoms with E-state index in [4.69, 9.17) is 9.72 Å². The zero-order valence-electron chi connectivity index (χ0n) is 17.5. The molecule has 152 valence electrons. The van der Waals surface area contributed by atoms with Crippen molar-refractivity contribution in [3.8, 4) is 5.75 Å². The number of rotatable bonds is 8. The first kappa shape index (κ1) is 21.1. The summed E-state index contributed by atoms with van der Waals surface area (Å²) in [6.45, 7) is 9.17. The van der Waals surface area contributed by atoms with Gasteiger partial charge in [0, 0.05) is 17.0 Å². The summed E-state index contributed by atoms with van der Waals surface area (Å²) in [7, 11) is 0. The molecule has 0 aliphatic carbocycles. The van der Waals surface area contributed by atoms with Crippen LogP contribution >= 0.6 is 11.3 Å². The SMILES string of the molecule is CC[C@@H](C)N(Cc1csc(COc2cccc(C)c2)n1)C(=O)c1cccc(C)c1. The summed E-state index contributed by atoms with van der Waals surface area (Å²) in [6, 6.07) is 15.9. The molecule has 1 atom stereocenters. The molecule has 1 amide bonds. The molecular weight excluding hydrogens is 380 g/mol. The second-order valence-corrected chi connectivity index (χ2v) is 8.34. The number of carbonyl (C=O) groups excluding carboxylic acids is 1. The van der Waals surface area contributed by atoms with Crippen molar-refractivity contribution in [2.24, 2.45) is 0 Å². The maximum absolute atomic E-state index is 13.1. The van der Waals surface area contributed by atoms with Crippen LogP contribution in [0.4, 0.5) is 0 Å². The Morgan fingerprint density at radius 1 is 1.14 bits per heavy atom. The third kappa shape index (κ3) is 5.67. The third-order valence-electron chi connectivity index (χ3n) is 4.93. The monoisotopic (exact) mass is 408 g/mol. The second-order valence-electron chi connectivity index (χ2n) is 7.40. The van der Waals surface area contributed by atoms with E-state index in [1.165, 1.54) is 5.56 Å². The fourth-order valence-electron chi connectivity index (χ4n) is 3.10. The number of benzene rings is 2. The minimum Gasteiger partial charge on any atom is -0.486 e. The van der Waals surface area contributed by atoms with Gasteiger partial charge in [-0.05, 0) is 57.0 Å². The van der Waals surface area contributed by atoms with Crippen LogP contribution in [0, 0.1) is 13.8 Å². The van der Waals surface area contributed by atoms with Gasteiger partial charge < -0.3 is 9.64 Å². The molecule has 0 fully saturated rings. The predicted octanol–water partition coefficient (Wildman–Crippen LogP) is 5.78. The molecule has 29 heavy (non-hydrogen) atoms. The van der Waals surface area contributed by atoms with Gasteiger partial charge in [0.2, 0.25) is 0 Å². The van der Waals surface area contributed by atoms with Gasteiger partial charge in [-0.1, -0.05) is 36.8 Å². The summed E-state index contributed by atoms with van der Waals surface area (Å²) < 4.78 is 5.86. The molecule has 0 saturated carbocycles. The molecule has 3 aromatic rings. The molecule has 1 aromatic heterocycles. The van der Waals surface area contributed by atoms with Crippen LogP contribution in [-0.4, -0.2) is 21.8 Å². The number of aromatic nitrogens is 1. The topological polar surface area (TPSA) is 42.4 Å². The first-order valence-electron chi connectivity index (χ1n) is 9.96. The van der Waals surface area contributed by atoms with Crippen LogP contribution < -0.4 is 4.74 Å². The minimum atomic E-state index is 0.0496. The molecule has 0 N–H and O–H groups in total. The lowest BCUT2D eigenvalue weighted by atomic mass is 10.1. The van der Waals surface area contributed by atoms with E-state index in [1.807, 2.05) is 72.7 Å². The van der Waals surface area contributed by atoms with Gasteiger partial charge in [-0.2, -0.15) is 0 Å². The molecule has 0 aliphatic heterocycles. The third-order valence-corrected chi connectivity index (χ3v) is 5.80. The fraction of sp³-hybridized carbons (Fsp3) is 0.333. The van der Waals surface area contributed by atoms with Crippen molar-refractivity contribution in [1.82, 2.24) is 9.88 Å². The minimum absolute atomic E-state index is 0.0496. The maximum Gasteiger partial charge on any atom is 0.254 e. The zero-order valence-corrected chi connectivity index (χ0v) is 18.3. The van der Waals surface area contributed by atoms with Crippen LogP contribution in [0.15, 0.2) is 53.9 Å². The first-order valence-corrected chi connectivity index (χ1v) is 10.8. The van der Waals surface area contributed by atoms with E-state index in [2.05, 4.69) is 13.8 Å². The van der Waals surface area contributed by atoms with Crippen molar-refractivity contribution in [1.29, 1.82) is 0 Å². The van der Waals surface area contributed by atoms with Gasteiger partial charge in [-0.25, -0.2) is 4.98 Å². The molecular formula is C24H28N2O2S. The predicted molar refractivity (Wildman–Crippen MR) is 118 cm³/mol. The van der Waals surface area contributed by atoms with Gasteiger partial charge in [0.1, 0.15) is 17.4 Å². The number of hydrogen-bond acceptors (Lipinski definition) is 4. The Kier molecular flexibility index (Phi) is 7.04. The lowest BCUT2D eigenvalue weighted by molar-refractivity contribution is 0.0669. The molecule has 0 unspecified atom stereocenters. The van der Waals surface area contributed by atoms with Crippen molar-refractivity contribution in [3.63, 3.8) is 0 Å². The van der Waals surface area contributed by atoms with E-state index < -0.39 is 0 Å². The van der Waals surface area contributed by atoms with Gasteiger partial charge in [0.25, 0.3) is 5.91 Å². The molecule has 5 heteroatoms. The number of thiazole rings is 1. The Bertz CT molecular complexity index is 967. The van der Waals surface area contributed by atoms with Gasteiger partial charge in [-0.3, -0.25) is 4.79 Å². The Hall–Kier alpha value is -2.66. The van der Waals surface area contributed by atoms with Crippen molar-refractivity contribution in [2.45, 2.75) is 53.3 Å². The number of hydrogen-bond donors (Lipinski definition) is 0. The van der Waals surface area contributed by atoms with E-state index in [1.54, 1.807) is 11.3 Å². The Morgan fingerprint density at radius 2 is 1.86 bits per heavy atom. The molecule has 0 spiro atoms. The highest BCUT2D eigenvalue weighted by atomic mass is 32.1. The average Bonchev–Trinajstić information content (AvgIpc) is 3.17. The lowest BCUT2D eigenvalue weighted by Gasteiger charge is -2.28. The average molecular weight is 409 g/mol. The number of ether oxygens (including phenoxy) is 1. The van der Waals surface area contributed by atoms with Gasteiger partial charge >= 0.3 is 0 Å². The fourth-order valence-corrected chi connectivity index (χ4v) is 3.80. The standard InChI is InChI=1S/C24H28N2O2S/c1-5-19(4)26(24(27)20-10-6-8-17(2)12-20)14-21-16-29-23(25-21)15-28-22-11-7-9-18(3)13-22/h6-13,16,19H,5,14-15H2,1-4H3/t19-/m1/s1. The maximum atomic E-state index is 13.1. The molecule has 0 saturated heterocycles. The molecule has 3 rings (SSSR count). The van der Waals surface area contributed by atoms with Crippen LogP contribution in [0.1, 0.15) is 52.5 Å². The number of carbonyl (C=O) groups is 1. The number of aryl methyl sites for hydroxylation is 2. The molecule has 4 nitrogen and oxygen atoms in total. The van der Waals surface area contributed by atoms with Crippen LogP contribution in [0.3, 0.4) is 0 Å². The van der Waals surface area contributed by atoms with Crippen molar-refractivity contribution < 1.29 is 9.53 Å². The summed E-state index contributed by atoms with van der Waals surface area (Å²) in [5.74, 6) is 0.895. The summed E-state index contributed by atoms with van der Waals surface area (Å²) in [4.78, 5) is 19.7. The zero-order chi connectivity index (χ0) is 20.8. The second kappa shape index (κ2) is 9.70. The first-order chi connectivity index (χ1) is 14.0. The normalized spacial score (nSPS) is 11.9. The van der Waals surface area contributed by atoms with Crippen molar-refractivity contribution >= 4 is 17.2 Å². The van der Waals surface area contributed by atoms with Crippen molar-refractivity contribution in [3.05, 3.63) is 81.3 Å². The summed E-state index contributed by atoms with van der Waals surface area (Å²) >= 11 is 1.57. The van der Waals surface area contributed by atoms with E-state index >= 15 is 0 Å². The lowest BCUT2D eigenvalue weighted by Crippen LogP contribution is -2.38. The Labute approximate surface area is 177 Å². The number of amides is 1. The van der Waals surface area contributed by atoms with Crippen LogP contribution in [0.2, 0.25) is 0 Å². The van der Waals surface area contributed by atoms with Gasteiger partial charge in [-0.15, -0.1) is 11.3 Å². The Morgan fingerprint density at radius 3 is 2.55 bits per heavy atom. The Balaban J connectivity index is 1.69. The molecule has 0 bridgehead atoms. The molecule has 1 heterocycles. The highest BCUT2D eigenvalue weighted by Gasteiger charge is 2.22. The van der Waals surface area contributed by atoms with E-state index in [0.29, 0.717) is 13.2 Å². The summed E-state index contributed by atoms with van der Waals surface area (Å²) in [6.07, 6.45) is 0.894. The van der Waals surface area contributed by atoms with E-state index in [-0.39, 0.29) is 11.9 Å². The van der Waals surface area contributed by atoms with Crippen LogP contribution in [-0.2, 0) is 13.2 Å². The number of nitrogens with zero attached hydrogens (tertiary/aromatic N) is 2. The summed E-state index contributed by atoms with van der Waals surface area (Å²) in [5, 5.41) is 2.93. The van der Waals surface area contributed by atoms with Gasteiger partial charge in [0.15, 0.2) is 0 Å². The van der Waals surface area contributed by atoms with Crippen LogP contribution in [0.25, 0.3) is 0 Å². The van der Waals surface area contributed by atoms with E-state index in [0.717, 1.165) is 34.0 Å². The van der Waals surface area contributed by atoms with E-state index in [9.17, 15) is 4.79 Å². The quantitative estimate of drug-likeness (QED) is 0.474. The van der Waals surface area contributed by atoms with Crippen LogP contribution in [0.5, 0.6) is 5.75 Å². The summed E-state index contributed by atoms with van der Waals surface area (Å²) in [5.41, 5.74) is 3.88. The molecule has 0 aliphatic rings. The highest BCUT2D eigenvalue weighted by Crippen LogP contribution is 2.20. The molecule has 2 aromatic carbocycles. The highest BCUT2D eigenvalue weighted by molar-refractivity contribution is 7.09. The van der Waals surface area contributed by atoms with Crippen molar-refractivity contribution in [2.75, 3.05) is 0 Å². The smallest absolute Gasteiger partial charge is 0.254 e.